The molecule has 0 aromatic heterocycles. The van der Waals surface area contributed by atoms with Gasteiger partial charge in [-0.2, -0.15) is 0 Å². The Hall–Kier alpha value is -2.57. The maximum Gasteiger partial charge on any atom is 0.329 e. The van der Waals surface area contributed by atoms with E-state index in [1.54, 1.807) is 36.4 Å². The van der Waals surface area contributed by atoms with Crippen LogP contribution in [0, 0.1) is 0 Å². The third kappa shape index (κ3) is 3.75. The van der Waals surface area contributed by atoms with E-state index in [1.165, 1.54) is 9.80 Å². The van der Waals surface area contributed by atoms with Crippen molar-refractivity contribution in [3.05, 3.63) is 59.6 Å². The van der Waals surface area contributed by atoms with E-state index in [4.69, 9.17) is 11.6 Å². The lowest BCUT2D eigenvalue weighted by molar-refractivity contribution is -0.142. The molecule has 0 saturated carbocycles. The summed E-state index contributed by atoms with van der Waals surface area (Å²) in [4.78, 5) is 27.7. The molecule has 0 unspecified atom stereocenters. The number of rotatable bonds is 3. The van der Waals surface area contributed by atoms with E-state index in [-0.39, 0.29) is 12.6 Å². The molecule has 1 heterocycles. The van der Waals surface area contributed by atoms with Crippen molar-refractivity contribution < 1.29 is 14.7 Å². The van der Waals surface area contributed by atoms with Crippen molar-refractivity contribution >= 4 is 35.0 Å². The van der Waals surface area contributed by atoms with Gasteiger partial charge in [0.2, 0.25) is 0 Å². The molecule has 0 radical (unpaired) electrons. The lowest BCUT2D eigenvalue weighted by Crippen LogP contribution is -2.59. The second-order valence-corrected chi connectivity index (χ2v) is 6.12. The number of hydrogen-bond acceptors (Lipinski definition) is 3. The van der Waals surface area contributed by atoms with Crippen LogP contribution in [0.5, 0.6) is 0 Å². The summed E-state index contributed by atoms with van der Waals surface area (Å²) in [6.45, 7) is 1.09. The molecule has 1 atom stereocenters. The predicted octanol–water partition coefficient (Wildman–Crippen LogP) is 2.96. The van der Waals surface area contributed by atoms with Gasteiger partial charge in [-0.15, -0.1) is 0 Å². The van der Waals surface area contributed by atoms with E-state index in [2.05, 4.69) is 5.32 Å². The fourth-order valence-corrected chi connectivity index (χ4v) is 3.03. The Balaban J connectivity index is 2.02. The van der Waals surface area contributed by atoms with Crippen LogP contribution < -0.4 is 10.2 Å². The highest BCUT2D eigenvalue weighted by Crippen LogP contribution is 2.29. The molecule has 0 bridgehead atoms. The Bertz CT molecular complexity index is 769. The number of nitrogens with one attached hydrogen (secondary N) is 1. The molecule has 3 rings (SSSR count). The van der Waals surface area contributed by atoms with Gasteiger partial charge in [-0.3, -0.25) is 4.90 Å². The van der Waals surface area contributed by atoms with Crippen molar-refractivity contribution in [3.63, 3.8) is 0 Å². The standard InChI is InChI=1S/C18H18ClN3O3/c19-13-5-4-8-15(11-13)22(14-6-2-1-3-7-14)18(25)21-10-9-20-12-16(21)17(23)24/h1-8,11,16,20H,9-10,12H2,(H,23,24)/t16-/m0/s1. The van der Waals surface area contributed by atoms with Crippen LogP contribution in [0.3, 0.4) is 0 Å². The molecule has 130 valence electrons. The Kier molecular flexibility index (Phi) is 5.21. The van der Waals surface area contributed by atoms with Gasteiger partial charge in [-0.05, 0) is 30.3 Å². The number of amides is 2. The van der Waals surface area contributed by atoms with Crippen molar-refractivity contribution in [1.82, 2.24) is 10.2 Å². The van der Waals surface area contributed by atoms with Crippen molar-refractivity contribution in [2.24, 2.45) is 0 Å². The quantitative estimate of drug-likeness (QED) is 0.883. The summed E-state index contributed by atoms with van der Waals surface area (Å²) in [5.41, 5.74) is 1.24. The van der Waals surface area contributed by atoms with Crippen LogP contribution >= 0.6 is 11.6 Å². The molecule has 0 aliphatic carbocycles. The maximum absolute atomic E-state index is 13.2. The summed E-state index contributed by atoms with van der Waals surface area (Å²) >= 11 is 6.09. The lowest BCUT2D eigenvalue weighted by Gasteiger charge is -2.37. The predicted molar refractivity (Wildman–Crippen MR) is 96.4 cm³/mol. The monoisotopic (exact) mass is 359 g/mol. The number of piperazine rings is 1. The van der Waals surface area contributed by atoms with Gasteiger partial charge in [0, 0.05) is 24.7 Å². The van der Waals surface area contributed by atoms with Gasteiger partial charge in [0.15, 0.2) is 0 Å². The fourth-order valence-electron chi connectivity index (χ4n) is 2.84. The summed E-state index contributed by atoms with van der Waals surface area (Å²) in [6.07, 6.45) is 0. The number of para-hydroxylation sites is 1. The van der Waals surface area contributed by atoms with E-state index < -0.39 is 12.0 Å². The Morgan fingerprint density at radius 1 is 1.12 bits per heavy atom. The molecule has 25 heavy (non-hydrogen) atoms. The number of benzene rings is 2. The smallest absolute Gasteiger partial charge is 0.329 e. The van der Waals surface area contributed by atoms with Crippen LogP contribution in [0.4, 0.5) is 16.2 Å². The average molecular weight is 360 g/mol. The van der Waals surface area contributed by atoms with Crippen LogP contribution in [0.15, 0.2) is 54.6 Å². The molecule has 2 amide bonds. The third-order valence-electron chi connectivity index (χ3n) is 4.05. The van der Waals surface area contributed by atoms with Crippen molar-refractivity contribution in [2.45, 2.75) is 6.04 Å². The van der Waals surface area contributed by atoms with Gasteiger partial charge < -0.3 is 15.3 Å². The Morgan fingerprint density at radius 2 is 1.84 bits per heavy atom. The average Bonchev–Trinajstić information content (AvgIpc) is 2.63. The minimum atomic E-state index is -1.03. The molecule has 7 heteroatoms. The molecule has 1 fully saturated rings. The van der Waals surface area contributed by atoms with Gasteiger partial charge in [-0.25, -0.2) is 9.59 Å². The van der Waals surface area contributed by atoms with Crippen LogP contribution in [0.25, 0.3) is 0 Å². The zero-order valence-corrected chi connectivity index (χ0v) is 14.2. The molecule has 2 aromatic carbocycles. The van der Waals surface area contributed by atoms with Crippen LogP contribution in [0.2, 0.25) is 5.02 Å². The van der Waals surface area contributed by atoms with Crippen LogP contribution in [-0.2, 0) is 4.79 Å². The third-order valence-corrected chi connectivity index (χ3v) is 4.28. The SMILES string of the molecule is O=C(O)[C@@H]1CNCCN1C(=O)N(c1ccccc1)c1cccc(Cl)c1. The van der Waals surface area contributed by atoms with Gasteiger partial charge in [-0.1, -0.05) is 35.9 Å². The highest BCUT2D eigenvalue weighted by atomic mass is 35.5. The van der Waals surface area contributed by atoms with Crippen LogP contribution in [0.1, 0.15) is 0 Å². The Labute approximate surface area is 150 Å². The zero-order valence-electron chi connectivity index (χ0n) is 13.4. The number of aliphatic carboxylic acids is 1. The molecule has 2 N–H and O–H groups in total. The minimum absolute atomic E-state index is 0.221. The van der Waals surface area contributed by atoms with E-state index in [0.29, 0.717) is 29.5 Å². The summed E-state index contributed by atoms with van der Waals surface area (Å²) in [5, 5.41) is 13.0. The maximum atomic E-state index is 13.2. The highest BCUT2D eigenvalue weighted by Gasteiger charge is 2.35. The van der Waals surface area contributed by atoms with E-state index in [1.807, 2.05) is 18.2 Å². The first kappa shape index (κ1) is 17.3. The van der Waals surface area contributed by atoms with Gasteiger partial charge in [0.1, 0.15) is 6.04 Å². The van der Waals surface area contributed by atoms with Crippen LogP contribution in [-0.4, -0.2) is 47.7 Å². The largest absolute Gasteiger partial charge is 0.480 e. The lowest BCUT2D eigenvalue weighted by atomic mass is 10.2. The second kappa shape index (κ2) is 7.55. The van der Waals surface area contributed by atoms with Crippen molar-refractivity contribution in [1.29, 1.82) is 0 Å². The fraction of sp³-hybridized carbons (Fsp3) is 0.222. The minimum Gasteiger partial charge on any atom is -0.480 e. The number of carboxylic acids is 1. The van der Waals surface area contributed by atoms with E-state index in [0.717, 1.165) is 0 Å². The molecule has 0 spiro atoms. The molecular weight excluding hydrogens is 342 g/mol. The molecule has 6 nitrogen and oxygen atoms in total. The molecule has 2 aromatic rings. The topological polar surface area (TPSA) is 72.9 Å². The van der Waals surface area contributed by atoms with Gasteiger partial charge >= 0.3 is 12.0 Å². The number of anilines is 2. The van der Waals surface area contributed by atoms with E-state index >= 15 is 0 Å². The van der Waals surface area contributed by atoms with E-state index in [9.17, 15) is 14.7 Å². The number of hydrogen-bond donors (Lipinski definition) is 2. The number of carboxylic acid groups (broad SMARTS) is 1. The zero-order chi connectivity index (χ0) is 17.8. The van der Waals surface area contributed by atoms with Crippen molar-refractivity contribution in [3.8, 4) is 0 Å². The molecule has 1 saturated heterocycles. The first-order valence-electron chi connectivity index (χ1n) is 7.93. The number of urea groups is 1. The highest BCUT2D eigenvalue weighted by molar-refractivity contribution is 6.31. The summed E-state index contributed by atoms with van der Waals surface area (Å²) < 4.78 is 0. The second-order valence-electron chi connectivity index (χ2n) is 5.68. The first-order valence-corrected chi connectivity index (χ1v) is 8.30. The molecule has 1 aliphatic heterocycles. The number of halogens is 1. The summed E-state index contributed by atoms with van der Waals surface area (Å²) in [6, 6.07) is 14.8. The molecule has 1 aliphatic rings. The number of carbonyl (C=O) groups is 2. The van der Waals surface area contributed by atoms with Gasteiger partial charge in [0.25, 0.3) is 0 Å². The molecular formula is C18H18ClN3O3. The normalized spacial score (nSPS) is 17.2. The first-order chi connectivity index (χ1) is 12.1. The number of nitrogens with zero attached hydrogens (tertiary/aromatic N) is 2. The Morgan fingerprint density at radius 3 is 2.52 bits per heavy atom. The van der Waals surface area contributed by atoms with Crippen molar-refractivity contribution in [2.75, 3.05) is 24.5 Å². The van der Waals surface area contributed by atoms with Gasteiger partial charge in [0.05, 0.1) is 11.4 Å². The summed E-state index contributed by atoms with van der Waals surface area (Å²) in [5.74, 6) is -1.03. The number of carbonyl (C=O) groups excluding carboxylic acids is 1. The summed E-state index contributed by atoms with van der Waals surface area (Å²) in [7, 11) is 0.